The second kappa shape index (κ2) is 11.5. The Kier molecular flexibility index (Phi) is 9.33. The van der Waals surface area contributed by atoms with Gasteiger partial charge in [-0.15, -0.1) is 0 Å². The molecular formula is C21H31ClFN3O4. The van der Waals surface area contributed by atoms with Crippen molar-refractivity contribution < 1.29 is 23.5 Å². The highest BCUT2D eigenvalue weighted by molar-refractivity contribution is 6.31. The van der Waals surface area contributed by atoms with Crippen molar-refractivity contribution >= 4 is 23.6 Å². The Labute approximate surface area is 182 Å². The van der Waals surface area contributed by atoms with E-state index in [4.69, 9.17) is 16.3 Å². The molecule has 1 heterocycles. The van der Waals surface area contributed by atoms with E-state index in [2.05, 4.69) is 20.3 Å². The topological polar surface area (TPSA) is 79.9 Å². The van der Waals surface area contributed by atoms with Gasteiger partial charge in [-0.1, -0.05) is 31.5 Å². The van der Waals surface area contributed by atoms with Crippen LogP contribution in [0.1, 0.15) is 38.8 Å². The Morgan fingerprint density at radius 2 is 2.13 bits per heavy atom. The summed E-state index contributed by atoms with van der Waals surface area (Å²) < 4.78 is 24.9. The normalized spacial score (nSPS) is 19.2. The number of halogens is 2. The molecule has 1 saturated heterocycles. The molecule has 1 aliphatic heterocycles. The molecule has 2 rings (SSSR count). The third kappa shape index (κ3) is 6.82. The van der Waals surface area contributed by atoms with Crippen molar-refractivity contribution in [2.24, 2.45) is 5.92 Å². The summed E-state index contributed by atoms with van der Waals surface area (Å²) in [5.41, 5.74) is 0.343. The number of morpholine rings is 1. The SMILES string of the molecule is COC(=O)NC(CC(C)C)C(=O)NCC(c1c(F)cccc1Cl)N1CCOC(C)C1. The lowest BCUT2D eigenvalue weighted by molar-refractivity contribution is -0.123. The number of methoxy groups -OCH3 is 1. The van der Waals surface area contributed by atoms with Crippen LogP contribution in [0.15, 0.2) is 18.2 Å². The fraction of sp³-hybridized carbons (Fsp3) is 0.619. The van der Waals surface area contributed by atoms with E-state index in [1.165, 1.54) is 13.2 Å². The van der Waals surface area contributed by atoms with E-state index >= 15 is 0 Å². The van der Waals surface area contributed by atoms with E-state index in [1.54, 1.807) is 12.1 Å². The minimum Gasteiger partial charge on any atom is -0.453 e. The molecule has 168 valence electrons. The van der Waals surface area contributed by atoms with E-state index in [1.807, 2.05) is 20.8 Å². The highest BCUT2D eigenvalue weighted by Gasteiger charge is 2.31. The second-order valence-corrected chi connectivity index (χ2v) is 8.30. The molecule has 0 aliphatic carbocycles. The lowest BCUT2D eigenvalue weighted by Crippen LogP contribution is -2.51. The first-order valence-corrected chi connectivity index (χ1v) is 10.5. The lowest BCUT2D eigenvalue weighted by Gasteiger charge is -2.38. The largest absolute Gasteiger partial charge is 0.453 e. The fourth-order valence-corrected chi connectivity index (χ4v) is 3.88. The summed E-state index contributed by atoms with van der Waals surface area (Å²) in [5, 5.41) is 5.73. The van der Waals surface area contributed by atoms with Gasteiger partial charge < -0.3 is 20.1 Å². The van der Waals surface area contributed by atoms with Crippen LogP contribution < -0.4 is 10.6 Å². The van der Waals surface area contributed by atoms with Crippen molar-refractivity contribution in [3.05, 3.63) is 34.6 Å². The van der Waals surface area contributed by atoms with Crippen LogP contribution in [0.5, 0.6) is 0 Å². The molecule has 1 aromatic rings. The number of benzene rings is 1. The molecule has 1 aromatic carbocycles. The minimum atomic E-state index is -0.752. The maximum absolute atomic E-state index is 14.7. The number of nitrogens with zero attached hydrogens (tertiary/aromatic N) is 1. The van der Waals surface area contributed by atoms with Gasteiger partial charge in [0.1, 0.15) is 11.9 Å². The summed E-state index contributed by atoms with van der Waals surface area (Å²) >= 11 is 6.33. The summed E-state index contributed by atoms with van der Waals surface area (Å²) in [7, 11) is 1.25. The third-order valence-corrected chi connectivity index (χ3v) is 5.35. The maximum atomic E-state index is 14.7. The van der Waals surface area contributed by atoms with E-state index in [0.29, 0.717) is 36.7 Å². The van der Waals surface area contributed by atoms with Crippen molar-refractivity contribution in [1.29, 1.82) is 0 Å². The predicted octanol–water partition coefficient (Wildman–Crippen LogP) is 3.13. The Morgan fingerprint density at radius 3 is 2.73 bits per heavy atom. The Hall–Kier alpha value is -1.90. The van der Waals surface area contributed by atoms with Crippen LogP contribution >= 0.6 is 11.6 Å². The first kappa shape index (κ1) is 24.4. The van der Waals surface area contributed by atoms with Gasteiger partial charge in [0, 0.05) is 30.2 Å². The molecule has 0 radical (unpaired) electrons. The number of rotatable bonds is 8. The number of hydrogen-bond acceptors (Lipinski definition) is 5. The van der Waals surface area contributed by atoms with Gasteiger partial charge in [-0.05, 0) is 31.4 Å². The predicted molar refractivity (Wildman–Crippen MR) is 113 cm³/mol. The molecule has 1 aliphatic rings. The summed E-state index contributed by atoms with van der Waals surface area (Å²) in [6.07, 6.45) is -0.246. The maximum Gasteiger partial charge on any atom is 0.407 e. The number of amides is 2. The molecular weight excluding hydrogens is 413 g/mol. The van der Waals surface area contributed by atoms with Crippen molar-refractivity contribution in [1.82, 2.24) is 15.5 Å². The van der Waals surface area contributed by atoms with Crippen LogP contribution in [-0.4, -0.2) is 62.4 Å². The second-order valence-electron chi connectivity index (χ2n) is 7.89. The van der Waals surface area contributed by atoms with E-state index in [9.17, 15) is 14.0 Å². The molecule has 2 amide bonds. The van der Waals surface area contributed by atoms with Gasteiger partial charge in [0.2, 0.25) is 5.91 Å². The minimum absolute atomic E-state index is 0.0165. The van der Waals surface area contributed by atoms with Gasteiger partial charge in [-0.2, -0.15) is 0 Å². The molecule has 9 heteroatoms. The fourth-order valence-electron chi connectivity index (χ4n) is 3.60. The summed E-state index contributed by atoms with van der Waals surface area (Å²) in [6.45, 7) is 7.68. The lowest BCUT2D eigenvalue weighted by atomic mass is 10.0. The van der Waals surface area contributed by atoms with Gasteiger partial charge in [0.15, 0.2) is 0 Å². The van der Waals surface area contributed by atoms with E-state index < -0.39 is 24.0 Å². The molecule has 0 spiro atoms. The Morgan fingerprint density at radius 1 is 1.40 bits per heavy atom. The number of hydrogen-bond donors (Lipinski definition) is 2. The Bertz CT molecular complexity index is 714. The number of alkyl carbamates (subject to hydrolysis) is 1. The molecule has 3 atom stereocenters. The van der Waals surface area contributed by atoms with Gasteiger partial charge >= 0.3 is 6.09 Å². The zero-order valence-corrected chi connectivity index (χ0v) is 18.7. The van der Waals surface area contributed by atoms with Gasteiger partial charge in [0.05, 0.1) is 25.9 Å². The van der Waals surface area contributed by atoms with Crippen LogP contribution in [0, 0.1) is 11.7 Å². The highest BCUT2D eigenvalue weighted by Crippen LogP contribution is 2.31. The van der Waals surface area contributed by atoms with E-state index in [-0.39, 0.29) is 24.5 Å². The number of carbonyl (C=O) groups excluding carboxylic acids is 2. The Balaban J connectivity index is 2.20. The molecule has 0 saturated carbocycles. The standard InChI is InChI=1S/C21H31ClFN3O4/c1-13(2)10-17(25-21(28)29-4)20(27)24-11-18(26-8-9-30-14(3)12-26)19-15(22)6-5-7-16(19)23/h5-7,13-14,17-18H,8-12H2,1-4H3,(H,24,27)(H,25,28). The van der Waals surface area contributed by atoms with Crippen molar-refractivity contribution in [3.8, 4) is 0 Å². The smallest absolute Gasteiger partial charge is 0.407 e. The van der Waals surface area contributed by atoms with Gasteiger partial charge in [-0.3, -0.25) is 9.69 Å². The molecule has 3 unspecified atom stereocenters. The summed E-state index contributed by atoms with van der Waals surface area (Å²) in [5.74, 6) is -0.602. The van der Waals surface area contributed by atoms with Crippen LogP contribution in [0.3, 0.4) is 0 Å². The molecule has 0 bridgehead atoms. The monoisotopic (exact) mass is 443 g/mol. The third-order valence-electron chi connectivity index (χ3n) is 5.02. The van der Waals surface area contributed by atoms with Crippen LogP contribution in [0.2, 0.25) is 5.02 Å². The molecule has 7 nitrogen and oxygen atoms in total. The summed E-state index contributed by atoms with van der Waals surface area (Å²) in [4.78, 5) is 26.5. The molecule has 1 fully saturated rings. The quantitative estimate of drug-likeness (QED) is 0.645. The molecule has 0 aromatic heterocycles. The van der Waals surface area contributed by atoms with Crippen LogP contribution in [0.4, 0.5) is 9.18 Å². The highest BCUT2D eigenvalue weighted by atomic mass is 35.5. The van der Waals surface area contributed by atoms with Crippen molar-refractivity contribution in [2.75, 3.05) is 33.4 Å². The zero-order valence-electron chi connectivity index (χ0n) is 17.9. The van der Waals surface area contributed by atoms with Gasteiger partial charge in [0.25, 0.3) is 0 Å². The van der Waals surface area contributed by atoms with Crippen LogP contribution in [0.25, 0.3) is 0 Å². The number of ether oxygens (including phenoxy) is 2. The summed E-state index contributed by atoms with van der Waals surface area (Å²) in [6, 6.07) is 3.33. The molecule has 2 N–H and O–H groups in total. The van der Waals surface area contributed by atoms with E-state index in [0.717, 1.165) is 0 Å². The first-order valence-electron chi connectivity index (χ1n) is 10.1. The molecule has 30 heavy (non-hydrogen) atoms. The van der Waals surface area contributed by atoms with Crippen molar-refractivity contribution in [2.45, 2.75) is 45.4 Å². The first-order chi connectivity index (χ1) is 14.2. The van der Waals surface area contributed by atoms with Crippen molar-refractivity contribution in [3.63, 3.8) is 0 Å². The average molecular weight is 444 g/mol. The zero-order chi connectivity index (χ0) is 22.3. The van der Waals surface area contributed by atoms with Crippen LogP contribution in [-0.2, 0) is 14.3 Å². The number of carbonyl (C=O) groups is 2. The van der Waals surface area contributed by atoms with Gasteiger partial charge in [-0.25, -0.2) is 9.18 Å². The number of nitrogens with one attached hydrogen (secondary N) is 2. The average Bonchev–Trinajstić information content (AvgIpc) is 2.68.